The van der Waals surface area contributed by atoms with Crippen LogP contribution in [0.5, 0.6) is 0 Å². The van der Waals surface area contributed by atoms with Crippen molar-refractivity contribution in [3.05, 3.63) is 12.2 Å². The molecule has 2 unspecified atom stereocenters. The maximum absolute atomic E-state index is 12.6. The lowest BCUT2D eigenvalue weighted by Crippen LogP contribution is -2.45. The van der Waals surface area contributed by atoms with E-state index in [2.05, 4.69) is 19.2 Å². The second kappa shape index (κ2) is 78.0. The topological polar surface area (TPSA) is 95.9 Å². The number of nitrogens with one attached hydrogen (secondary N) is 1. The van der Waals surface area contributed by atoms with Crippen molar-refractivity contribution < 1.29 is 24.5 Å². The number of carbonyl (C=O) groups is 2. The quantitative estimate of drug-likeness (QED) is 0.0320. The maximum Gasteiger partial charge on any atom is 0.305 e. The van der Waals surface area contributed by atoms with E-state index in [1.807, 2.05) is 6.08 Å². The first-order valence-corrected chi connectivity index (χ1v) is 41.0. The Hall–Kier alpha value is -1.40. The van der Waals surface area contributed by atoms with Gasteiger partial charge in [-0.2, -0.15) is 0 Å². The van der Waals surface area contributed by atoms with Gasteiger partial charge in [0.05, 0.1) is 25.4 Å². The van der Waals surface area contributed by atoms with Crippen molar-refractivity contribution in [1.29, 1.82) is 0 Å². The van der Waals surface area contributed by atoms with Gasteiger partial charge in [0.2, 0.25) is 5.91 Å². The number of unbranched alkanes of at least 4 members (excludes halogenated alkanes) is 67. The molecule has 0 bridgehead atoms. The third-order valence-electron chi connectivity index (χ3n) is 19.6. The van der Waals surface area contributed by atoms with E-state index >= 15 is 0 Å². The molecule has 0 aliphatic carbocycles. The highest BCUT2D eigenvalue weighted by molar-refractivity contribution is 5.76. The molecule has 2 atom stereocenters. The van der Waals surface area contributed by atoms with E-state index in [0.29, 0.717) is 19.4 Å². The molecule has 0 aliphatic rings. The summed E-state index contributed by atoms with van der Waals surface area (Å²) in [6, 6.07) is -0.625. The highest BCUT2D eigenvalue weighted by Crippen LogP contribution is 2.21. The van der Waals surface area contributed by atoms with Crippen LogP contribution in [-0.4, -0.2) is 47.4 Å². The van der Waals surface area contributed by atoms with Crippen LogP contribution >= 0.6 is 0 Å². The fourth-order valence-electron chi connectivity index (χ4n) is 13.3. The molecule has 88 heavy (non-hydrogen) atoms. The average Bonchev–Trinajstić information content (AvgIpc) is 3.58. The Labute approximate surface area is 552 Å². The van der Waals surface area contributed by atoms with Crippen molar-refractivity contribution in [2.24, 2.45) is 0 Å². The SMILES string of the molecule is CCCCCCCCCCCCCCCCCCCCCCCC/C=C/C(O)C(CO)NC(=O)CCCCCCCCCCCCCCCCCCCCCCCCCCCCCCCCCOC(=O)CCCCCCCCCCCCCCCCCC. The van der Waals surface area contributed by atoms with E-state index in [-0.39, 0.29) is 18.5 Å². The predicted molar refractivity (Wildman–Crippen MR) is 389 cm³/mol. The molecule has 524 valence electrons. The minimum Gasteiger partial charge on any atom is -0.466 e. The van der Waals surface area contributed by atoms with E-state index < -0.39 is 12.1 Å². The Morgan fingerprint density at radius 3 is 0.773 bits per heavy atom. The van der Waals surface area contributed by atoms with Gasteiger partial charge in [0.1, 0.15) is 0 Å². The second-order valence-corrected chi connectivity index (χ2v) is 28.5. The van der Waals surface area contributed by atoms with Gasteiger partial charge in [-0.15, -0.1) is 0 Å². The third-order valence-corrected chi connectivity index (χ3v) is 19.6. The molecule has 0 saturated heterocycles. The molecule has 0 aromatic carbocycles. The van der Waals surface area contributed by atoms with E-state index in [1.54, 1.807) is 6.08 Å². The molecule has 0 fully saturated rings. The molecule has 0 radical (unpaired) electrons. The third kappa shape index (κ3) is 73.6. The van der Waals surface area contributed by atoms with Crippen molar-refractivity contribution in [3.63, 3.8) is 0 Å². The van der Waals surface area contributed by atoms with E-state index in [1.165, 1.54) is 411 Å². The number of esters is 1. The zero-order valence-electron chi connectivity index (χ0n) is 60.3. The van der Waals surface area contributed by atoms with Gasteiger partial charge in [0.15, 0.2) is 0 Å². The molecule has 0 rings (SSSR count). The lowest BCUT2D eigenvalue weighted by Gasteiger charge is -2.20. The number of hydrogen-bond donors (Lipinski definition) is 3. The molecular weight excluding hydrogens is 1080 g/mol. The van der Waals surface area contributed by atoms with Gasteiger partial charge in [0.25, 0.3) is 0 Å². The summed E-state index contributed by atoms with van der Waals surface area (Å²) in [5.41, 5.74) is 0. The molecule has 0 saturated carbocycles. The summed E-state index contributed by atoms with van der Waals surface area (Å²) in [6.45, 7) is 4.97. The predicted octanol–water partition coefficient (Wildman–Crippen LogP) is 27.1. The van der Waals surface area contributed by atoms with Crippen LogP contribution in [0.2, 0.25) is 0 Å². The Morgan fingerprint density at radius 2 is 0.523 bits per heavy atom. The van der Waals surface area contributed by atoms with E-state index in [4.69, 9.17) is 4.74 Å². The number of aliphatic hydroxyl groups excluding tert-OH is 2. The first-order valence-electron chi connectivity index (χ1n) is 41.0. The number of hydrogen-bond acceptors (Lipinski definition) is 5. The smallest absolute Gasteiger partial charge is 0.305 e. The van der Waals surface area contributed by atoms with E-state index in [0.717, 1.165) is 38.5 Å². The molecule has 6 heteroatoms. The summed E-state index contributed by atoms with van der Waals surface area (Å²) in [5.74, 6) is -0.0325. The summed E-state index contributed by atoms with van der Waals surface area (Å²) < 4.78 is 5.51. The highest BCUT2D eigenvalue weighted by atomic mass is 16.5. The monoisotopic (exact) mass is 1240 g/mol. The summed E-state index contributed by atoms with van der Waals surface area (Å²) in [4.78, 5) is 24.7. The molecule has 0 aromatic heterocycles. The van der Waals surface area contributed by atoms with Crippen LogP contribution in [0, 0.1) is 0 Å². The van der Waals surface area contributed by atoms with Gasteiger partial charge >= 0.3 is 5.97 Å². The molecule has 3 N–H and O–H groups in total. The molecule has 0 aliphatic heterocycles. The number of allylic oxidation sites excluding steroid dienone is 1. The van der Waals surface area contributed by atoms with Crippen molar-refractivity contribution in [1.82, 2.24) is 5.32 Å². The van der Waals surface area contributed by atoms with Gasteiger partial charge in [-0.3, -0.25) is 9.59 Å². The number of aliphatic hydroxyl groups is 2. The zero-order chi connectivity index (χ0) is 63.5. The summed E-state index contributed by atoms with van der Waals surface area (Å²) >= 11 is 0. The maximum atomic E-state index is 12.6. The largest absolute Gasteiger partial charge is 0.466 e. The summed E-state index contributed by atoms with van der Waals surface area (Å²) in [5, 5.41) is 23.3. The summed E-state index contributed by atoms with van der Waals surface area (Å²) in [6.07, 6.45) is 99.2. The highest BCUT2D eigenvalue weighted by Gasteiger charge is 2.18. The van der Waals surface area contributed by atoms with Gasteiger partial charge < -0.3 is 20.3 Å². The Morgan fingerprint density at radius 1 is 0.307 bits per heavy atom. The van der Waals surface area contributed by atoms with Crippen molar-refractivity contribution in [2.45, 2.75) is 488 Å². The summed E-state index contributed by atoms with van der Waals surface area (Å²) in [7, 11) is 0. The Kier molecular flexibility index (Phi) is 76.8. The molecule has 0 aromatic rings. The van der Waals surface area contributed by atoms with Gasteiger partial charge in [-0.05, 0) is 32.1 Å². The minimum absolute atomic E-state index is 0.0253. The molecule has 0 spiro atoms. The average molecular weight is 1240 g/mol. The first kappa shape index (κ1) is 86.6. The number of ether oxygens (including phenoxy) is 1. The second-order valence-electron chi connectivity index (χ2n) is 28.5. The van der Waals surface area contributed by atoms with Gasteiger partial charge in [-0.25, -0.2) is 0 Å². The molecule has 1 amide bonds. The van der Waals surface area contributed by atoms with Crippen LogP contribution < -0.4 is 5.32 Å². The lowest BCUT2D eigenvalue weighted by molar-refractivity contribution is -0.143. The fourth-order valence-corrected chi connectivity index (χ4v) is 13.3. The lowest BCUT2D eigenvalue weighted by atomic mass is 10.0. The van der Waals surface area contributed by atoms with Crippen LogP contribution in [0.3, 0.4) is 0 Å². The van der Waals surface area contributed by atoms with Crippen molar-refractivity contribution in [2.75, 3.05) is 13.2 Å². The Balaban J connectivity index is 3.34. The molecule has 6 nitrogen and oxygen atoms in total. The number of rotatable bonds is 78. The fraction of sp³-hybridized carbons (Fsp3) is 0.951. The van der Waals surface area contributed by atoms with Crippen LogP contribution in [0.4, 0.5) is 0 Å². The van der Waals surface area contributed by atoms with Gasteiger partial charge in [0, 0.05) is 12.8 Å². The van der Waals surface area contributed by atoms with Crippen LogP contribution in [0.25, 0.3) is 0 Å². The zero-order valence-corrected chi connectivity index (χ0v) is 60.3. The molecular formula is C82H161NO5. The molecule has 0 heterocycles. The van der Waals surface area contributed by atoms with Gasteiger partial charge in [-0.1, -0.05) is 443 Å². The van der Waals surface area contributed by atoms with E-state index in [9.17, 15) is 19.8 Å². The van der Waals surface area contributed by atoms with Crippen LogP contribution in [0.15, 0.2) is 12.2 Å². The van der Waals surface area contributed by atoms with Crippen molar-refractivity contribution >= 4 is 11.9 Å². The minimum atomic E-state index is -0.842. The van der Waals surface area contributed by atoms with Crippen molar-refractivity contribution in [3.8, 4) is 0 Å². The normalized spacial score (nSPS) is 12.5. The van der Waals surface area contributed by atoms with Crippen LogP contribution in [0.1, 0.15) is 476 Å². The standard InChI is InChI=1S/C82H161NO5/c1-3-5-7-9-11-13-15-17-19-21-22-23-24-34-37-40-43-46-50-54-58-62-66-70-74-80(85)79(78-84)83-81(86)75-71-67-63-59-55-51-47-44-41-38-35-32-30-28-26-25-27-29-31-33-36-39-42-45-49-53-57-61-65-69-73-77-88-82(87)76-72-68-64-60-56-52-48-20-18-16-14-12-10-8-6-4-2/h70,74,79-80,84-85H,3-69,71-73,75-78H2,1-2H3,(H,83,86)/b74-70+. The number of carbonyl (C=O) groups excluding carboxylic acids is 2. The van der Waals surface area contributed by atoms with Crippen LogP contribution in [-0.2, 0) is 14.3 Å². The number of amides is 1. The Bertz CT molecular complexity index is 1340. The first-order chi connectivity index (χ1) is 43.5.